The largest absolute Gasteiger partial charge is 0.396 e. The van der Waals surface area contributed by atoms with Crippen molar-refractivity contribution < 1.29 is 5.11 Å². The van der Waals surface area contributed by atoms with Crippen LogP contribution >= 0.6 is 11.8 Å². The normalized spacial score (nSPS) is 11.0. The second-order valence-electron chi connectivity index (χ2n) is 6.40. The van der Waals surface area contributed by atoms with Gasteiger partial charge in [0.2, 0.25) is 0 Å². The van der Waals surface area contributed by atoms with Crippen molar-refractivity contribution in [3.8, 4) is 11.3 Å². The van der Waals surface area contributed by atoms with Crippen molar-refractivity contribution in [1.29, 1.82) is 0 Å². The number of pyridine rings is 1. The van der Waals surface area contributed by atoms with Gasteiger partial charge in [0.1, 0.15) is 11.6 Å². The van der Waals surface area contributed by atoms with Gasteiger partial charge in [-0.1, -0.05) is 44.2 Å². The van der Waals surface area contributed by atoms with Crippen molar-refractivity contribution in [2.45, 2.75) is 30.4 Å². The fraction of sp³-hybridized carbons (Fsp3) is 0.300. The lowest BCUT2D eigenvalue weighted by molar-refractivity contribution is 0.292. The van der Waals surface area contributed by atoms with Crippen LogP contribution in [0.5, 0.6) is 0 Å². The van der Waals surface area contributed by atoms with Gasteiger partial charge >= 0.3 is 0 Å². The Labute approximate surface area is 163 Å². The van der Waals surface area contributed by atoms with E-state index < -0.39 is 0 Å². The van der Waals surface area contributed by atoms with E-state index in [1.807, 2.05) is 48.5 Å². The average molecular weight is 384 g/mol. The zero-order valence-electron chi connectivity index (χ0n) is 15.6. The van der Waals surface area contributed by atoms with E-state index in [9.17, 15) is 0 Å². The molecule has 0 fully saturated rings. The highest BCUT2D eigenvalue weighted by molar-refractivity contribution is 7.99. The van der Waals surface area contributed by atoms with Crippen molar-refractivity contribution in [1.82, 2.24) is 15.2 Å². The van der Waals surface area contributed by atoms with E-state index in [0.717, 1.165) is 27.8 Å². The van der Waals surface area contributed by atoms with Crippen molar-refractivity contribution in [3.63, 3.8) is 0 Å². The number of aromatic amines is 1. The molecular formula is C20H25N5OS. The second kappa shape index (κ2) is 9.43. The lowest BCUT2D eigenvalue weighted by Gasteiger charge is -2.12. The molecule has 0 saturated carbocycles. The highest BCUT2D eigenvalue weighted by atomic mass is 32.2. The van der Waals surface area contributed by atoms with Crippen LogP contribution in [0.3, 0.4) is 0 Å². The van der Waals surface area contributed by atoms with Crippen LogP contribution in [0.1, 0.15) is 20.3 Å². The molecule has 0 unspecified atom stereocenters. The molecule has 0 amide bonds. The molecule has 7 heteroatoms. The van der Waals surface area contributed by atoms with E-state index in [-0.39, 0.29) is 6.61 Å². The summed E-state index contributed by atoms with van der Waals surface area (Å²) in [6.45, 7) is 5.17. The van der Waals surface area contributed by atoms with Gasteiger partial charge in [-0.05, 0) is 24.1 Å². The summed E-state index contributed by atoms with van der Waals surface area (Å²) in [6.07, 6.45) is 0.686. The average Bonchev–Trinajstić information content (AvgIpc) is 3.10. The maximum absolute atomic E-state index is 8.97. The van der Waals surface area contributed by atoms with Crippen molar-refractivity contribution in [2.24, 2.45) is 0 Å². The predicted octanol–water partition coefficient (Wildman–Crippen LogP) is 4.51. The Morgan fingerprint density at radius 3 is 2.59 bits per heavy atom. The Kier molecular flexibility index (Phi) is 6.73. The predicted molar refractivity (Wildman–Crippen MR) is 113 cm³/mol. The number of nitrogens with zero attached hydrogens (tertiary/aromatic N) is 2. The number of aliphatic hydroxyl groups is 1. The molecule has 2 heterocycles. The number of benzene rings is 1. The smallest absolute Gasteiger partial charge is 0.153 e. The third-order valence-corrected chi connectivity index (χ3v) is 4.71. The van der Waals surface area contributed by atoms with Crippen LogP contribution in [-0.4, -0.2) is 38.7 Å². The molecule has 0 aliphatic carbocycles. The topological polar surface area (TPSA) is 85.9 Å². The van der Waals surface area contributed by atoms with Gasteiger partial charge < -0.3 is 15.7 Å². The van der Waals surface area contributed by atoms with Crippen molar-refractivity contribution in [2.75, 3.05) is 23.8 Å². The zero-order chi connectivity index (χ0) is 19.1. The molecule has 0 aliphatic heterocycles. The van der Waals surface area contributed by atoms with Crippen LogP contribution in [0.2, 0.25) is 0 Å². The zero-order valence-corrected chi connectivity index (χ0v) is 16.4. The standard InChI is InChI=1S/C20H25N5OS/c1-14(2)27-16-11-18(21-9-6-10-26)22-19(12-16)23-20-13-17(24-25-20)15-7-4-3-5-8-15/h3-5,7-8,11-14,26H,6,9-10H2,1-2H3,(H3,21,22,23,24,25). The Hall–Kier alpha value is -2.51. The summed E-state index contributed by atoms with van der Waals surface area (Å²) in [5, 5.41) is 23.4. The summed E-state index contributed by atoms with van der Waals surface area (Å²) in [5.41, 5.74) is 2.04. The Bertz CT molecular complexity index is 851. The highest BCUT2D eigenvalue weighted by Gasteiger charge is 2.08. The van der Waals surface area contributed by atoms with Crippen LogP contribution in [0.15, 0.2) is 53.4 Å². The summed E-state index contributed by atoms with van der Waals surface area (Å²) in [6, 6.07) is 16.1. The molecule has 0 atom stereocenters. The number of aromatic nitrogens is 3. The number of hydrogen-bond donors (Lipinski definition) is 4. The first kappa shape index (κ1) is 19.3. The van der Waals surface area contributed by atoms with Gasteiger partial charge in [0.15, 0.2) is 5.82 Å². The minimum absolute atomic E-state index is 0.161. The molecule has 4 N–H and O–H groups in total. The summed E-state index contributed by atoms with van der Waals surface area (Å²) in [4.78, 5) is 5.75. The Balaban J connectivity index is 1.78. The summed E-state index contributed by atoms with van der Waals surface area (Å²) < 4.78 is 0. The lowest BCUT2D eigenvalue weighted by Crippen LogP contribution is -2.06. The Morgan fingerprint density at radius 2 is 1.85 bits per heavy atom. The van der Waals surface area contributed by atoms with Gasteiger partial charge in [0, 0.05) is 29.4 Å². The summed E-state index contributed by atoms with van der Waals surface area (Å²) in [7, 11) is 0. The molecule has 3 aromatic rings. The first-order chi connectivity index (χ1) is 13.1. The SMILES string of the molecule is CC(C)Sc1cc(NCCCO)nc(Nc2cc(-c3ccccc3)[nH]n2)c1. The van der Waals surface area contributed by atoms with E-state index >= 15 is 0 Å². The number of anilines is 3. The first-order valence-electron chi connectivity index (χ1n) is 9.05. The van der Waals surface area contributed by atoms with E-state index in [4.69, 9.17) is 5.11 Å². The quantitative estimate of drug-likeness (QED) is 0.321. The fourth-order valence-corrected chi connectivity index (χ4v) is 3.48. The van der Waals surface area contributed by atoms with E-state index in [1.54, 1.807) is 11.8 Å². The van der Waals surface area contributed by atoms with Crippen LogP contribution in [0, 0.1) is 0 Å². The number of aliphatic hydroxyl groups excluding tert-OH is 1. The minimum Gasteiger partial charge on any atom is -0.396 e. The molecule has 0 radical (unpaired) electrons. The number of rotatable bonds is 9. The first-order valence-corrected chi connectivity index (χ1v) is 9.93. The van der Waals surface area contributed by atoms with E-state index in [0.29, 0.717) is 24.0 Å². The van der Waals surface area contributed by atoms with Gasteiger partial charge in [-0.25, -0.2) is 4.98 Å². The molecule has 1 aromatic carbocycles. The lowest BCUT2D eigenvalue weighted by atomic mass is 10.2. The van der Waals surface area contributed by atoms with Gasteiger partial charge in [0.05, 0.1) is 5.69 Å². The summed E-state index contributed by atoms with van der Waals surface area (Å²) in [5.74, 6) is 2.24. The summed E-state index contributed by atoms with van der Waals surface area (Å²) >= 11 is 1.78. The van der Waals surface area contributed by atoms with Crippen LogP contribution in [-0.2, 0) is 0 Å². The fourth-order valence-electron chi connectivity index (χ4n) is 2.58. The molecule has 6 nitrogen and oxygen atoms in total. The van der Waals surface area contributed by atoms with Crippen LogP contribution in [0.25, 0.3) is 11.3 Å². The molecule has 142 valence electrons. The Morgan fingerprint density at radius 1 is 1.07 bits per heavy atom. The van der Waals surface area contributed by atoms with E-state index in [2.05, 4.69) is 39.7 Å². The van der Waals surface area contributed by atoms with Crippen molar-refractivity contribution in [3.05, 3.63) is 48.5 Å². The maximum Gasteiger partial charge on any atom is 0.153 e. The van der Waals surface area contributed by atoms with Crippen molar-refractivity contribution >= 4 is 29.2 Å². The van der Waals surface area contributed by atoms with Gasteiger partial charge in [-0.15, -0.1) is 11.8 Å². The molecular weight excluding hydrogens is 358 g/mol. The molecule has 0 aliphatic rings. The molecule has 0 spiro atoms. The maximum atomic E-state index is 8.97. The third-order valence-electron chi connectivity index (χ3n) is 3.73. The monoisotopic (exact) mass is 383 g/mol. The van der Waals surface area contributed by atoms with Gasteiger partial charge in [-0.2, -0.15) is 5.10 Å². The highest BCUT2D eigenvalue weighted by Crippen LogP contribution is 2.29. The minimum atomic E-state index is 0.161. The molecule has 27 heavy (non-hydrogen) atoms. The molecule has 0 saturated heterocycles. The van der Waals surface area contributed by atoms with E-state index in [1.165, 1.54) is 0 Å². The number of nitrogens with one attached hydrogen (secondary N) is 3. The van der Waals surface area contributed by atoms with Gasteiger partial charge in [-0.3, -0.25) is 5.10 Å². The van der Waals surface area contributed by atoms with Crippen LogP contribution < -0.4 is 10.6 Å². The third kappa shape index (κ3) is 5.74. The number of H-pyrrole nitrogens is 1. The molecule has 0 bridgehead atoms. The van der Waals surface area contributed by atoms with Crippen LogP contribution in [0.4, 0.5) is 17.5 Å². The molecule has 3 rings (SSSR count). The number of thioether (sulfide) groups is 1. The second-order valence-corrected chi connectivity index (χ2v) is 8.05. The van der Waals surface area contributed by atoms with Gasteiger partial charge in [0.25, 0.3) is 0 Å². The molecule has 2 aromatic heterocycles. The number of hydrogen-bond acceptors (Lipinski definition) is 6.